The first-order chi connectivity index (χ1) is 10.2. The molecule has 1 aromatic carbocycles. The summed E-state index contributed by atoms with van der Waals surface area (Å²) < 4.78 is 10.5. The van der Waals surface area contributed by atoms with Gasteiger partial charge in [0.05, 0.1) is 11.0 Å². The van der Waals surface area contributed by atoms with Gasteiger partial charge in [-0.3, -0.25) is 10.1 Å². The molecule has 8 heteroatoms. The van der Waals surface area contributed by atoms with Crippen LogP contribution in [0.25, 0.3) is 11.0 Å². The molecule has 21 heavy (non-hydrogen) atoms. The summed E-state index contributed by atoms with van der Waals surface area (Å²) in [5.74, 6) is 0.791. The lowest BCUT2D eigenvalue weighted by molar-refractivity contribution is -0.383. The lowest BCUT2D eigenvalue weighted by Crippen LogP contribution is -2.25. The van der Waals surface area contributed by atoms with Crippen LogP contribution >= 0.6 is 0 Å². The molecule has 3 rings (SSSR count). The molecule has 1 aliphatic rings. The maximum atomic E-state index is 10.9. The molecule has 0 bridgehead atoms. The number of nitro benzene ring substituents is 1. The fraction of sp³-hybridized carbons (Fsp3) is 0.538. The minimum Gasteiger partial charge on any atom is -0.488 e. The number of aliphatic hydroxyl groups excluding tert-OH is 1. The van der Waals surface area contributed by atoms with Crippen LogP contribution in [0, 0.1) is 16.0 Å². The van der Waals surface area contributed by atoms with Gasteiger partial charge in [-0.25, -0.2) is 4.63 Å². The number of nitrogens with zero attached hydrogens (tertiary/aromatic N) is 3. The molecule has 2 aromatic rings. The number of nitro groups is 1. The number of aliphatic hydroxyl groups is 1. The van der Waals surface area contributed by atoms with Crippen molar-refractivity contribution in [1.29, 1.82) is 0 Å². The van der Waals surface area contributed by atoms with E-state index >= 15 is 0 Å². The second-order valence-corrected chi connectivity index (χ2v) is 5.24. The lowest BCUT2D eigenvalue weighted by atomic mass is 9.88. The Hall–Kier alpha value is -2.22. The Morgan fingerprint density at radius 2 is 2.00 bits per heavy atom. The summed E-state index contributed by atoms with van der Waals surface area (Å²) in [6, 6.07) is 2.88. The third-order valence-corrected chi connectivity index (χ3v) is 3.90. The molecular weight excluding hydrogens is 278 g/mol. The first-order valence-corrected chi connectivity index (χ1v) is 6.86. The van der Waals surface area contributed by atoms with Crippen LogP contribution in [0.3, 0.4) is 0 Å². The highest BCUT2D eigenvalue weighted by atomic mass is 16.6. The van der Waals surface area contributed by atoms with E-state index in [4.69, 9.17) is 9.84 Å². The van der Waals surface area contributed by atoms with Crippen LogP contribution in [0.1, 0.15) is 25.7 Å². The van der Waals surface area contributed by atoms with E-state index in [1.807, 2.05) is 0 Å². The molecule has 1 saturated carbocycles. The Morgan fingerprint density at radius 1 is 1.29 bits per heavy atom. The maximum absolute atomic E-state index is 10.9. The van der Waals surface area contributed by atoms with Gasteiger partial charge in [-0.15, -0.1) is 0 Å². The summed E-state index contributed by atoms with van der Waals surface area (Å²) in [4.78, 5) is 10.4. The molecule has 1 fully saturated rings. The highest BCUT2D eigenvalue weighted by Crippen LogP contribution is 2.33. The van der Waals surface area contributed by atoms with E-state index in [0.717, 1.165) is 25.7 Å². The van der Waals surface area contributed by atoms with E-state index in [-0.39, 0.29) is 29.4 Å². The van der Waals surface area contributed by atoms with Crippen molar-refractivity contribution < 1.29 is 19.4 Å². The average molecular weight is 293 g/mol. The van der Waals surface area contributed by atoms with Gasteiger partial charge in [0.15, 0.2) is 11.3 Å². The Morgan fingerprint density at radius 3 is 2.67 bits per heavy atom. The minimum atomic E-state index is -0.525. The van der Waals surface area contributed by atoms with Crippen molar-refractivity contribution in [1.82, 2.24) is 10.3 Å². The zero-order valence-electron chi connectivity index (χ0n) is 11.3. The van der Waals surface area contributed by atoms with Gasteiger partial charge in [0.2, 0.25) is 5.52 Å². The van der Waals surface area contributed by atoms with Crippen LogP contribution in [0.4, 0.5) is 5.69 Å². The molecule has 0 unspecified atom stereocenters. The second kappa shape index (κ2) is 5.65. The third kappa shape index (κ3) is 2.66. The summed E-state index contributed by atoms with van der Waals surface area (Å²) in [5, 5.41) is 27.3. The van der Waals surface area contributed by atoms with E-state index in [1.165, 1.54) is 12.1 Å². The van der Waals surface area contributed by atoms with Crippen molar-refractivity contribution in [2.45, 2.75) is 31.8 Å². The number of ether oxygens (including phenoxy) is 1. The maximum Gasteiger partial charge on any atom is 0.301 e. The van der Waals surface area contributed by atoms with Gasteiger partial charge < -0.3 is 9.84 Å². The van der Waals surface area contributed by atoms with Crippen molar-refractivity contribution >= 4 is 16.7 Å². The van der Waals surface area contributed by atoms with E-state index in [9.17, 15) is 10.1 Å². The first-order valence-electron chi connectivity index (χ1n) is 6.86. The fourth-order valence-corrected chi connectivity index (χ4v) is 2.69. The van der Waals surface area contributed by atoms with Crippen molar-refractivity contribution in [3.05, 3.63) is 22.2 Å². The smallest absolute Gasteiger partial charge is 0.301 e. The van der Waals surface area contributed by atoms with Crippen LogP contribution in [0.5, 0.6) is 5.75 Å². The van der Waals surface area contributed by atoms with Gasteiger partial charge in [-0.1, -0.05) is 0 Å². The van der Waals surface area contributed by atoms with Gasteiger partial charge in [0.1, 0.15) is 0 Å². The highest BCUT2D eigenvalue weighted by molar-refractivity contribution is 5.88. The van der Waals surface area contributed by atoms with E-state index < -0.39 is 4.92 Å². The number of hydrogen-bond donors (Lipinski definition) is 1. The van der Waals surface area contributed by atoms with E-state index in [1.54, 1.807) is 0 Å². The highest BCUT2D eigenvalue weighted by Gasteiger charge is 2.25. The van der Waals surface area contributed by atoms with E-state index in [0.29, 0.717) is 11.7 Å². The minimum absolute atomic E-state index is 0.0224. The Balaban J connectivity index is 1.81. The van der Waals surface area contributed by atoms with Crippen molar-refractivity contribution in [2.24, 2.45) is 5.92 Å². The van der Waals surface area contributed by atoms with Gasteiger partial charge in [0, 0.05) is 12.7 Å². The van der Waals surface area contributed by atoms with Crippen molar-refractivity contribution in [3.63, 3.8) is 0 Å². The molecule has 1 aliphatic carbocycles. The predicted octanol–water partition coefficient (Wildman–Crippen LogP) is 2.06. The van der Waals surface area contributed by atoms with Gasteiger partial charge in [-0.2, -0.15) is 0 Å². The molecule has 1 N–H and O–H groups in total. The first kappa shape index (κ1) is 13.7. The molecule has 8 nitrogen and oxygen atoms in total. The molecule has 1 heterocycles. The molecule has 0 radical (unpaired) electrons. The SMILES string of the molecule is O=[N+]([O-])c1ccc(OC2CCC(CO)CC2)c2nonc12. The average Bonchev–Trinajstić information content (AvgIpc) is 2.98. The largest absolute Gasteiger partial charge is 0.488 e. The quantitative estimate of drug-likeness (QED) is 0.678. The van der Waals surface area contributed by atoms with Gasteiger partial charge in [-0.05, 0) is 48.0 Å². The lowest BCUT2D eigenvalue weighted by Gasteiger charge is -2.27. The zero-order valence-corrected chi connectivity index (χ0v) is 11.3. The molecule has 112 valence electrons. The summed E-state index contributed by atoms with van der Waals surface area (Å²) >= 11 is 0. The Labute approximate surface area is 119 Å². The fourth-order valence-electron chi connectivity index (χ4n) is 2.69. The number of rotatable bonds is 4. The molecule has 0 saturated heterocycles. The molecular formula is C13H15N3O5. The number of hydrogen-bond acceptors (Lipinski definition) is 7. The number of non-ortho nitro benzene ring substituents is 1. The van der Waals surface area contributed by atoms with Crippen LogP contribution in [0.15, 0.2) is 16.8 Å². The Kier molecular flexibility index (Phi) is 3.70. The van der Waals surface area contributed by atoms with Gasteiger partial charge in [0.25, 0.3) is 0 Å². The summed E-state index contributed by atoms with van der Waals surface area (Å²) in [6.07, 6.45) is 3.53. The summed E-state index contributed by atoms with van der Waals surface area (Å²) in [7, 11) is 0. The van der Waals surface area contributed by atoms with Crippen molar-refractivity contribution in [3.8, 4) is 5.75 Å². The molecule has 0 amide bonds. The van der Waals surface area contributed by atoms with Crippen molar-refractivity contribution in [2.75, 3.05) is 6.61 Å². The number of benzene rings is 1. The van der Waals surface area contributed by atoms with E-state index in [2.05, 4.69) is 14.9 Å². The number of aromatic nitrogens is 2. The second-order valence-electron chi connectivity index (χ2n) is 5.24. The molecule has 0 aliphatic heterocycles. The standard InChI is InChI=1S/C13H15N3O5/c17-7-8-1-3-9(4-2-8)20-11-6-5-10(16(18)19)12-13(11)15-21-14-12/h5-6,8-9,17H,1-4,7H2. The normalized spacial score (nSPS) is 22.3. The summed E-state index contributed by atoms with van der Waals surface area (Å²) in [6.45, 7) is 0.210. The summed E-state index contributed by atoms with van der Waals surface area (Å²) in [5.41, 5.74) is 0.220. The van der Waals surface area contributed by atoms with Gasteiger partial charge >= 0.3 is 5.69 Å². The number of fused-ring (bicyclic) bond motifs is 1. The predicted molar refractivity (Wildman–Crippen MR) is 71.9 cm³/mol. The Bertz CT molecular complexity index is 648. The molecule has 0 atom stereocenters. The third-order valence-electron chi connectivity index (χ3n) is 3.90. The van der Waals surface area contributed by atoms with Crippen LogP contribution in [-0.4, -0.2) is 33.1 Å². The van der Waals surface area contributed by atoms with Crippen LogP contribution in [0.2, 0.25) is 0 Å². The van der Waals surface area contributed by atoms with Crippen LogP contribution < -0.4 is 4.74 Å². The zero-order chi connectivity index (χ0) is 14.8. The molecule has 1 aromatic heterocycles. The monoisotopic (exact) mass is 293 g/mol. The van der Waals surface area contributed by atoms with Crippen LogP contribution in [-0.2, 0) is 0 Å². The topological polar surface area (TPSA) is 112 Å². The molecule has 0 spiro atoms.